The van der Waals surface area contributed by atoms with Gasteiger partial charge in [-0.15, -0.1) is 0 Å². The highest BCUT2D eigenvalue weighted by Crippen LogP contribution is 1.83. The van der Waals surface area contributed by atoms with Gasteiger partial charge in [-0.3, -0.25) is 0 Å². The summed E-state index contributed by atoms with van der Waals surface area (Å²) in [4.78, 5) is 15.7. The number of nitrogens with zero attached hydrogens (tertiary/aromatic N) is 1. The number of aromatic carboxylic acids is 1. The molecule has 2 N–H and O–H groups in total. The molecule has 0 amide bonds. The Balaban J connectivity index is 2.93. The van der Waals surface area contributed by atoms with Crippen LogP contribution in [0.15, 0.2) is 6.20 Å². The first kappa shape index (κ1) is 4.83. The number of imidazole rings is 1. The number of aromatic nitrogens is 2. The van der Waals surface area contributed by atoms with E-state index in [2.05, 4.69) is 16.2 Å². The molecule has 1 heterocycles. The van der Waals surface area contributed by atoms with Crippen molar-refractivity contribution in [1.29, 1.82) is 0 Å². The molecule has 0 unspecified atom stereocenters. The van der Waals surface area contributed by atoms with Crippen LogP contribution in [-0.2, 0) is 0 Å². The number of rotatable bonds is 1. The average Bonchev–Trinajstić information content (AvgIpc) is 2.12. The van der Waals surface area contributed by atoms with Gasteiger partial charge in [0.2, 0.25) is 5.82 Å². The van der Waals surface area contributed by atoms with Gasteiger partial charge < -0.3 is 10.1 Å². The molecule has 0 fully saturated rings. The molecular formula is C4H3N2O2. The van der Waals surface area contributed by atoms with Gasteiger partial charge in [0, 0.05) is 6.20 Å². The standard InChI is InChI=1S/C4H3N2O2/c7-4(8)3-5-1-2-6-3/h1H,(H,5,6)(H,7,8). The maximum Gasteiger partial charge on any atom is 0.371 e. The van der Waals surface area contributed by atoms with E-state index in [0.29, 0.717) is 0 Å². The van der Waals surface area contributed by atoms with Crippen molar-refractivity contribution in [3.63, 3.8) is 0 Å². The van der Waals surface area contributed by atoms with E-state index < -0.39 is 5.97 Å². The van der Waals surface area contributed by atoms with Crippen molar-refractivity contribution >= 4 is 5.97 Å². The fourth-order valence-electron chi connectivity index (χ4n) is 0.339. The van der Waals surface area contributed by atoms with Crippen molar-refractivity contribution in [1.82, 2.24) is 9.97 Å². The molecule has 0 spiro atoms. The van der Waals surface area contributed by atoms with Crippen molar-refractivity contribution in [3.8, 4) is 0 Å². The van der Waals surface area contributed by atoms with Crippen LogP contribution < -0.4 is 0 Å². The van der Waals surface area contributed by atoms with Crippen LogP contribution >= 0.6 is 0 Å². The number of H-pyrrole nitrogens is 1. The summed E-state index contributed by atoms with van der Waals surface area (Å²) >= 11 is 0. The number of carboxylic acid groups (broad SMARTS) is 1. The lowest BCUT2D eigenvalue weighted by Gasteiger charge is -1.78. The van der Waals surface area contributed by atoms with Gasteiger partial charge in [0.1, 0.15) is 6.20 Å². The molecular weight excluding hydrogens is 108 g/mol. The van der Waals surface area contributed by atoms with Gasteiger partial charge in [0.05, 0.1) is 0 Å². The van der Waals surface area contributed by atoms with Crippen LogP contribution in [0.25, 0.3) is 0 Å². The third-order valence-electron chi connectivity index (χ3n) is 0.652. The predicted molar refractivity (Wildman–Crippen MR) is 24.4 cm³/mol. The Morgan fingerprint density at radius 3 is 3.00 bits per heavy atom. The Hall–Kier alpha value is -1.32. The van der Waals surface area contributed by atoms with Gasteiger partial charge in [0.15, 0.2) is 0 Å². The Morgan fingerprint density at radius 1 is 2.00 bits per heavy atom. The molecule has 0 aromatic carbocycles. The van der Waals surface area contributed by atoms with Crippen LogP contribution in [0.2, 0.25) is 0 Å². The van der Waals surface area contributed by atoms with Gasteiger partial charge in [-0.25, -0.2) is 9.78 Å². The van der Waals surface area contributed by atoms with E-state index in [0.717, 1.165) is 0 Å². The maximum atomic E-state index is 9.95. The third kappa shape index (κ3) is 0.676. The van der Waals surface area contributed by atoms with E-state index in [1.54, 1.807) is 0 Å². The molecule has 1 radical (unpaired) electrons. The first-order valence-electron chi connectivity index (χ1n) is 1.95. The summed E-state index contributed by atoms with van der Waals surface area (Å²) in [5, 5.41) is 8.16. The molecule has 1 aromatic heterocycles. The molecule has 4 heteroatoms. The molecule has 0 aliphatic carbocycles. The normalized spacial score (nSPS) is 9.00. The molecule has 1 rings (SSSR count). The predicted octanol–water partition coefficient (Wildman–Crippen LogP) is -0.0919. The molecule has 8 heavy (non-hydrogen) atoms. The van der Waals surface area contributed by atoms with Crippen LogP contribution in [0.5, 0.6) is 0 Å². The second-order valence-electron chi connectivity index (χ2n) is 1.18. The average molecular weight is 111 g/mol. The zero-order chi connectivity index (χ0) is 5.98. The molecule has 0 bridgehead atoms. The van der Waals surface area contributed by atoms with Gasteiger partial charge >= 0.3 is 5.97 Å². The zero-order valence-electron chi connectivity index (χ0n) is 3.88. The minimum absolute atomic E-state index is 0.0787. The molecule has 0 saturated carbocycles. The lowest BCUT2D eigenvalue weighted by Crippen LogP contribution is -1.97. The fraction of sp³-hybridized carbons (Fsp3) is 0. The number of carbonyl (C=O) groups is 1. The van der Waals surface area contributed by atoms with Crippen LogP contribution in [0.3, 0.4) is 0 Å². The summed E-state index contributed by atoms with van der Waals surface area (Å²) in [6.45, 7) is 0. The smallest absolute Gasteiger partial charge is 0.371 e. The van der Waals surface area contributed by atoms with E-state index in [1.165, 1.54) is 6.20 Å². The summed E-state index contributed by atoms with van der Waals surface area (Å²) in [5.74, 6) is -1.14. The van der Waals surface area contributed by atoms with Gasteiger partial charge in [-0.2, -0.15) is 0 Å². The number of nitrogens with one attached hydrogen (secondary N) is 1. The highest BCUT2D eigenvalue weighted by molar-refractivity contribution is 5.82. The van der Waals surface area contributed by atoms with Gasteiger partial charge in [-0.1, -0.05) is 0 Å². The zero-order valence-corrected chi connectivity index (χ0v) is 3.88. The largest absolute Gasteiger partial charge is 0.475 e. The molecule has 41 valence electrons. The van der Waals surface area contributed by atoms with E-state index in [1.807, 2.05) is 0 Å². The highest BCUT2D eigenvalue weighted by Gasteiger charge is 2.01. The minimum Gasteiger partial charge on any atom is -0.475 e. The molecule has 0 saturated heterocycles. The topological polar surface area (TPSA) is 66.0 Å². The summed E-state index contributed by atoms with van der Waals surface area (Å²) in [6, 6.07) is 0. The minimum atomic E-state index is -1.06. The highest BCUT2D eigenvalue weighted by atomic mass is 16.4. The van der Waals surface area contributed by atoms with E-state index in [9.17, 15) is 4.79 Å². The second-order valence-corrected chi connectivity index (χ2v) is 1.18. The van der Waals surface area contributed by atoms with E-state index in [4.69, 9.17) is 5.11 Å². The maximum absolute atomic E-state index is 9.95. The molecule has 0 atom stereocenters. The van der Waals surface area contributed by atoms with Crippen LogP contribution in [-0.4, -0.2) is 21.0 Å². The summed E-state index contributed by atoms with van der Waals surface area (Å²) in [7, 11) is 0. The number of carboxylic acids is 1. The van der Waals surface area contributed by atoms with Crippen molar-refractivity contribution in [2.24, 2.45) is 0 Å². The van der Waals surface area contributed by atoms with Crippen molar-refractivity contribution in [3.05, 3.63) is 18.2 Å². The van der Waals surface area contributed by atoms with Crippen LogP contribution in [0, 0.1) is 6.20 Å². The number of hydrogen-bond donors (Lipinski definition) is 2. The van der Waals surface area contributed by atoms with Gasteiger partial charge in [0.25, 0.3) is 0 Å². The molecule has 1 aromatic rings. The Labute approximate surface area is 45.2 Å². The summed E-state index contributed by atoms with van der Waals surface area (Å²) in [5.41, 5.74) is 0. The van der Waals surface area contributed by atoms with Gasteiger partial charge in [-0.05, 0) is 0 Å². The fourth-order valence-corrected chi connectivity index (χ4v) is 0.339. The Bertz CT molecular complexity index is 180. The summed E-state index contributed by atoms with van der Waals surface area (Å²) < 4.78 is 0. The lowest BCUT2D eigenvalue weighted by molar-refractivity contribution is 0.0685. The Morgan fingerprint density at radius 2 is 2.75 bits per heavy atom. The first-order valence-corrected chi connectivity index (χ1v) is 1.95. The monoisotopic (exact) mass is 111 g/mol. The third-order valence-corrected chi connectivity index (χ3v) is 0.652. The number of hydrogen-bond acceptors (Lipinski definition) is 2. The van der Waals surface area contributed by atoms with Crippen molar-refractivity contribution in [2.45, 2.75) is 0 Å². The summed E-state index contributed by atoms with van der Waals surface area (Å²) in [6.07, 6.45) is 3.66. The van der Waals surface area contributed by atoms with Crippen molar-refractivity contribution < 1.29 is 9.90 Å². The first-order chi connectivity index (χ1) is 3.80. The van der Waals surface area contributed by atoms with E-state index >= 15 is 0 Å². The second kappa shape index (κ2) is 1.65. The van der Waals surface area contributed by atoms with Crippen molar-refractivity contribution in [2.75, 3.05) is 0 Å². The Kier molecular flexibility index (Phi) is 0.997. The number of aromatic amines is 1. The van der Waals surface area contributed by atoms with E-state index in [-0.39, 0.29) is 5.82 Å². The molecule has 0 aliphatic rings. The quantitative estimate of drug-likeness (QED) is 0.532. The molecule has 4 nitrogen and oxygen atoms in total. The van der Waals surface area contributed by atoms with Crippen LogP contribution in [0.1, 0.15) is 10.6 Å². The molecule has 0 aliphatic heterocycles. The lowest BCUT2D eigenvalue weighted by atomic mass is 10.7. The van der Waals surface area contributed by atoms with Crippen LogP contribution in [0.4, 0.5) is 0 Å². The SMILES string of the molecule is O=C(O)c1n[c]c[nH]1.